The summed E-state index contributed by atoms with van der Waals surface area (Å²) in [6.45, 7) is 5.07. The van der Waals surface area contributed by atoms with Crippen LogP contribution in [0.4, 0.5) is 0 Å². The first-order valence-electron chi connectivity index (χ1n) is 10.7. The van der Waals surface area contributed by atoms with E-state index in [-0.39, 0.29) is 18.1 Å². The van der Waals surface area contributed by atoms with Gasteiger partial charge in [-0.15, -0.1) is 0 Å². The first-order chi connectivity index (χ1) is 15.8. The van der Waals surface area contributed by atoms with Crippen molar-refractivity contribution in [2.75, 3.05) is 0 Å². The quantitative estimate of drug-likeness (QED) is 0.191. The highest BCUT2D eigenvalue weighted by molar-refractivity contribution is 5.94. The average Bonchev–Trinajstić information content (AvgIpc) is 2.73. The minimum Gasteiger partial charge on any atom is -0.508 e. The summed E-state index contributed by atoms with van der Waals surface area (Å²) in [5.41, 5.74) is 6.52. The fourth-order valence-electron chi connectivity index (χ4n) is 3.02. The van der Waals surface area contributed by atoms with Gasteiger partial charge >= 0.3 is 11.9 Å². The maximum Gasteiger partial charge on any atom is 0.326 e. The molecule has 0 saturated heterocycles. The number of rotatable bonds is 13. The van der Waals surface area contributed by atoms with Crippen molar-refractivity contribution in [3.63, 3.8) is 0 Å². The van der Waals surface area contributed by atoms with Crippen molar-refractivity contribution in [1.29, 1.82) is 0 Å². The number of carboxylic acid groups (broad SMARTS) is 2. The Labute approximate surface area is 196 Å². The standard InChI is InChI=1S/C22H32N4O8/c1-11(2)8-15(23)20(31)25-16(9-13-4-6-14(27)7-5-13)21(32)24-12(3)19(30)26-17(22(33)34)10-18(28)29/h4-7,11-12,15-17,27H,8-10,23H2,1-3H3,(H,24,32)(H,25,31)(H,26,30)(H,28,29)(H,33,34). The zero-order valence-electron chi connectivity index (χ0n) is 19.3. The predicted molar refractivity (Wildman–Crippen MR) is 121 cm³/mol. The van der Waals surface area contributed by atoms with Crippen LogP contribution in [0.2, 0.25) is 0 Å². The van der Waals surface area contributed by atoms with E-state index in [1.165, 1.54) is 19.1 Å². The van der Waals surface area contributed by atoms with Crippen molar-refractivity contribution < 1.29 is 39.3 Å². The summed E-state index contributed by atoms with van der Waals surface area (Å²) in [6.07, 6.45) is -0.426. The van der Waals surface area contributed by atoms with Crippen molar-refractivity contribution in [3.05, 3.63) is 29.8 Å². The Hall–Kier alpha value is -3.67. The van der Waals surface area contributed by atoms with Crippen LogP contribution in [0.25, 0.3) is 0 Å². The molecule has 188 valence electrons. The first kappa shape index (κ1) is 28.4. The minimum atomic E-state index is -1.68. The third kappa shape index (κ3) is 9.86. The van der Waals surface area contributed by atoms with E-state index in [2.05, 4.69) is 16.0 Å². The van der Waals surface area contributed by atoms with Crippen LogP contribution >= 0.6 is 0 Å². The van der Waals surface area contributed by atoms with E-state index in [4.69, 9.17) is 15.9 Å². The second-order valence-electron chi connectivity index (χ2n) is 8.40. The lowest BCUT2D eigenvalue weighted by atomic mass is 10.0. The van der Waals surface area contributed by atoms with E-state index in [9.17, 15) is 29.1 Å². The van der Waals surface area contributed by atoms with Crippen LogP contribution in [0.15, 0.2) is 24.3 Å². The Morgan fingerprint density at radius 1 is 0.853 bits per heavy atom. The Balaban J connectivity index is 2.94. The van der Waals surface area contributed by atoms with Gasteiger partial charge in [0.25, 0.3) is 0 Å². The summed E-state index contributed by atoms with van der Waals surface area (Å²) in [7, 11) is 0. The van der Waals surface area contributed by atoms with E-state index < -0.39 is 60.2 Å². The van der Waals surface area contributed by atoms with E-state index in [1.54, 1.807) is 12.1 Å². The molecule has 34 heavy (non-hydrogen) atoms. The number of nitrogens with one attached hydrogen (secondary N) is 3. The molecule has 1 aromatic rings. The SMILES string of the molecule is CC(C)CC(N)C(=O)NC(Cc1ccc(O)cc1)C(=O)NC(C)C(=O)NC(CC(=O)O)C(=O)O. The van der Waals surface area contributed by atoms with Gasteiger partial charge in [-0.05, 0) is 37.0 Å². The highest BCUT2D eigenvalue weighted by Crippen LogP contribution is 2.12. The highest BCUT2D eigenvalue weighted by atomic mass is 16.4. The number of phenolic OH excluding ortho intramolecular Hbond substituents is 1. The van der Waals surface area contributed by atoms with E-state index in [1.807, 2.05) is 13.8 Å². The van der Waals surface area contributed by atoms with E-state index in [0.29, 0.717) is 12.0 Å². The largest absolute Gasteiger partial charge is 0.508 e. The molecule has 0 aliphatic rings. The number of phenols is 1. The summed E-state index contributed by atoms with van der Waals surface area (Å²) >= 11 is 0. The van der Waals surface area contributed by atoms with Gasteiger partial charge in [-0.1, -0.05) is 26.0 Å². The van der Waals surface area contributed by atoms with Crippen molar-refractivity contribution in [1.82, 2.24) is 16.0 Å². The number of amides is 3. The average molecular weight is 481 g/mol. The maximum absolute atomic E-state index is 12.9. The predicted octanol–water partition coefficient (Wildman–Crippen LogP) is -0.658. The van der Waals surface area contributed by atoms with E-state index >= 15 is 0 Å². The molecule has 4 unspecified atom stereocenters. The fraction of sp³-hybridized carbons (Fsp3) is 0.500. The van der Waals surface area contributed by atoms with Crippen molar-refractivity contribution in [2.45, 2.75) is 64.2 Å². The molecule has 1 rings (SSSR count). The van der Waals surface area contributed by atoms with Crippen molar-refractivity contribution in [2.24, 2.45) is 11.7 Å². The number of nitrogens with two attached hydrogens (primary N) is 1. The summed E-state index contributed by atoms with van der Waals surface area (Å²) in [5, 5.41) is 34.4. The zero-order valence-corrected chi connectivity index (χ0v) is 19.3. The molecular formula is C22H32N4O8. The first-order valence-corrected chi connectivity index (χ1v) is 10.7. The third-order valence-electron chi connectivity index (χ3n) is 4.82. The second kappa shape index (κ2) is 13.1. The number of hydrogen-bond donors (Lipinski definition) is 7. The highest BCUT2D eigenvalue weighted by Gasteiger charge is 2.29. The number of aromatic hydroxyl groups is 1. The number of hydrogen-bond acceptors (Lipinski definition) is 7. The topological polar surface area (TPSA) is 208 Å². The van der Waals surface area contributed by atoms with Crippen LogP contribution in [0, 0.1) is 5.92 Å². The molecule has 12 heteroatoms. The van der Waals surface area contributed by atoms with Crippen LogP contribution in [-0.4, -0.2) is 69.1 Å². The maximum atomic E-state index is 12.9. The number of carbonyl (C=O) groups is 5. The normalized spacial score (nSPS) is 14.4. The smallest absolute Gasteiger partial charge is 0.326 e. The van der Waals surface area contributed by atoms with Gasteiger partial charge in [0.2, 0.25) is 17.7 Å². The molecule has 0 aliphatic heterocycles. The molecule has 0 spiro atoms. The van der Waals surface area contributed by atoms with Crippen LogP contribution in [-0.2, 0) is 30.4 Å². The van der Waals surface area contributed by atoms with Crippen LogP contribution < -0.4 is 21.7 Å². The number of benzene rings is 1. The van der Waals surface area contributed by atoms with Crippen LogP contribution in [0.5, 0.6) is 5.75 Å². The van der Waals surface area contributed by atoms with E-state index in [0.717, 1.165) is 0 Å². The van der Waals surface area contributed by atoms with Gasteiger partial charge in [0, 0.05) is 6.42 Å². The van der Waals surface area contributed by atoms with Gasteiger partial charge in [0.05, 0.1) is 12.5 Å². The fourth-order valence-corrected chi connectivity index (χ4v) is 3.02. The molecule has 0 bridgehead atoms. The zero-order chi connectivity index (χ0) is 26.0. The summed E-state index contributed by atoms with van der Waals surface area (Å²) in [6, 6.07) is 1.08. The molecule has 0 radical (unpaired) electrons. The Kier molecular flexibility index (Phi) is 11.0. The second-order valence-corrected chi connectivity index (χ2v) is 8.40. The van der Waals surface area contributed by atoms with Gasteiger partial charge in [-0.3, -0.25) is 19.2 Å². The molecule has 8 N–H and O–H groups in total. The summed E-state index contributed by atoms with van der Waals surface area (Å²) < 4.78 is 0. The van der Waals surface area contributed by atoms with Gasteiger partial charge in [-0.25, -0.2) is 4.79 Å². The van der Waals surface area contributed by atoms with Crippen LogP contribution in [0.1, 0.15) is 39.2 Å². The molecule has 12 nitrogen and oxygen atoms in total. The van der Waals surface area contributed by atoms with Crippen molar-refractivity contribution in [3.8, 4) is 5.75 Å². The molecule has 3 amide bonds. The summed E-state index contributed by atoms with van der Waals surface area (Å²) in [4.78, 5) is 59.7. The lowest BCUT2D eigenvalue weighted by Gasteiger charge is -2.24. The molecule has 0 fully saturated rings. The van der Waals surface area contributed by atoms with Gasteiger partial charge in [-0.2, -0.15) is 0 Å². The Morgan fingerprint density at radius 3 is 1.91 bits per heavy atom. The number of aliphatic carboxylic acids is 2. The lowest BCUT2D eigenvalue weighted by Crippen LogP contribution is -2.57. The van der Waals surface area contributed by atoms with Gasteiger partial charge < -0.3 is 37.0 Å². The Bertz CT molecular complexity index is 887. The Morgan fingerprint density at radius 2 is 1.41 bits per heavy atom. The van der Waals surface area contributed by atoms with Crippen molar-refractivity contribution >= 4 is 29.7 Å². The molecular weight excluding hydrogens is 448 g/mol. The molecule has 4 atom stereocenters. The van der Waals surface area contributed by atoms with Gasteiger partial charge in [0.1, 0.15) is 23.9 Å². The minimum absolute atomic E-state index is 0.0207. The third-order valence-corrected chi connectivity index (χ3v) is 4.82. The van der Waals surface area contributed by atoms with Gasteiger partial charge in [0.15, 0.2) is 0 Å². The van der Waals surface area contributed by atoms with Crippen LogP contribution in [0.3, 0.4) is 0 Å². The number of carboxylic acids is 2. The molecule has 1 aromatic carbocycles. The molecule has 0 heterocycles. The number of carbonyl (C=O) groups excluding carboxylic acids is 3. The molecule has 0 aliphatic carbocycles. The monoisotopic (exact) mass is 480 g/mol. The lowest BCUT2D eigenvalue weighted by molar-refractivity contribution is -0.147. The molecule has 0 aromatic heterocycles. The summed E-state index contributed by atoms with van der Waals surface area (Å²) in [5.74, 6) is -4.99. The molecule has 0 saturated carbocycles.